The highest BCUT2D eigenvalue weighted by atomic mass is 32.1. The molecule has 0 saturated heterocycles. The van der Waals surface area contributed by atoms with Gasteiger partial charge in [0.25, 0.3) is 0 Å². The number of aliphatic hydroxyl groups is 3. The van der Waals surface area contributed by atoms with E-state index in [2.05, 4.69) is 29.3 Å². The average molecular weight is 352 g/mol. The largest absolute Gasteiger partial charge is 0.396 e. The molecule has 0 heterocycles. The van der Waals surface area contributed by atoms with E-state index < -0.39 is 42.4 Å². The molecule has 3 N–H and O–H groups in total. The van der Waals surface area contributed by atoms with Crippen molar-refractivity contribution in [3.8, 4) is 0 Å². The Kier molecular flexibility index (Phi) is 12.1. The number of rotatable bonds is 12. The van der Waals surface area contributed by atoms with E-state index in [1.165, 1.54) is 0 Å². The van der Waals surface area contributed by atoms with Crippen molar-refractivity contribution in [2.45, 2.75) is 57.1 Å². The first kappa shape index (κ1) is 22.2. The third kappa shape index (κ3) is 9.14. The van der Waals surface area contributed by atoms with Crippen molar-refractivity contribution in [3.05, 3.63) is 0 Å². The molecule has 0 aromatic carbocycles. The van der Waals surface area contributed by atoms with Crippen LogP contribution in [0.5, 0.6) is 0 Å². The molecule has 0 saturated carbocycles. The third-order valence-electron chi connectivity index (χ3n) is 3.61. The Morgan fingerprint density at radius 1 is 1.00 bits per heavy atom. The highest BCUT2D eigenvalue weighted by Crippen LogP contribution is 2.25. The minimum absolute atomic E-state index is 0.118. The van der Waals surface area contributed by atoms with Gasteiger partial charge in [-0.3, -0.25) is 0 Å². The van der Waals surface area contributed by atoms with Crippen LogP contribution in [0, 0.1) is 5.41 Å². The molecule has 0 aliphatic heterocycles. The molecule has 0 amide bonds. The van der Waals surface area contributed by atoms with Crippen LogP contribution in [0.2, 0.25) is 0 Å². The van der Waals surface area contributed by atoms with Gasteiger partial charge in [-0.05, 0) is 12.8 Å². The second-order valence-electron chi connectivity index (χ2n) is 5.72. The molecule has 23 heavy (non-hydrogen) atoms. The second kappa shape index (κ2) is 12.6. The number of aliphatic hydroxyl groups excluding tert-OH is 3. The standard InChI is InChI=1S/C15H28O7S/c1-2-3-4-5-6-7-13(19)21-22-14(20)12(23)8-15(9-16,10-17)11-18/h12,16-18,23H,2-11H2,1H3. The minimum atomic E-state index is -1.24. The van der Waals surface area contributed by atoms with Crippen LogP contribution in [0.1, 0.15) is 51.9 Å². The van der Waals surface area contributed by atoms with Gasteiger partial charge in [0, 0.05) is 5.41 Å². The topological polar surface area (TPSA) is 113 Å². The summed E-state index contributed by atoms with van der Waals surface area (Å²) < 4.78 is 0. The monoisotopic (exact) mass is 352 g/mol. The van der Waals surface area contributed by atoms with Gasteiger partial charge in [-0.25, -0.2) is 19.4 Å². The fourth-order valence-corrected chi connectivity index (χ4v) is 2.33. The van der Waals surface area contributed by atoms with Gasteiger partial charge >= 0.3 is 11.9 Å². The van der Waals surface area contributed by atoms with Crippen molar-refractivity contribution >= 4 is 24.6 Å². The zero-order valence-corrected chi connectivity index (χ0v) is 14.5. The van der Waals surface area contributed by atoms with Crippen LogP contribution in [0.15, 0.2) is 0 Å². The zero-order valence-electron chi connectivity index (χ0n) is 13.6. The van der Waals surface area contributed by atoms with Crippen molar-refractivity contribution in [1.29, 1.82) is 0 Å². The average Bonchev–Trinajstić information content (AvgIpc) is 2.57. The van der Waals surface area contributed by atoms with Gasteiger partial charge in [-0.1, -0.05) is 32.6 Å². The first-order valence-electron chi connectivity index (χ1n) is 7.86. The highest BCUT2D eigenvalue weighted by Gasteiger charge is 2.34. The molecule has 1 unspecified atom stereocenters. The second-order valence-corrected chi connectivity index (χ2v) is 6.34. The Morgan fingerprint density at radius 2 is 1.57 bits per heavy atom. The van der Waals surface area contributed by atoms with E-state index in [0.717, 1.165) is 25.7 Å². The molecule has 0 rings (SSSR count). The predicted molar refractivity (Wildman–Crippen MR) is 86.6 cm³/mol. The molecule has 0 radical (unpaired) electrons. The highest BCUT2D eigenvalue weighted by molar-refractivity contribution is 7.81. The first-order valence-corrected chi connectivity index (χ1v) is 8.38. The number of hydrogen-bond donors (Lipinski definition) is 4. The molecular weight excluding hydrogens is 324 g/mol. The lowest BCUT2D eigenvalue weighted by Gasteiger charge is -2.28. The van der Waals surface area contributed by atoms with Gasteiger partial charge in [-0.2, -0.15) is 12.6 Å². The van der Waals surface area contributed by atoms with Crippen LogP contribution in [-0.4, -0.2) is 52.3 Å². The van der Waals surface area contributed by atoms with Gasteiger partial charge < -0.3 is 15.3 Å². The molecule has 0 aliphatic carbocycles. The van der Waals surface area contributed by atoms with Gasteiger partial charge in [0.1, 0.15) is 5.25 Å². The smallest absolute Gasteiger partial charge is 0.368 e. The lowest BCUT2D eigenvalue weighted by atomic mass is 9.85. The molecule has 7 nitrogen and oxygen atoms in total. The van der Waals surface area contributed by atoms with E-state index in [1.54, 1.807) is 0 Å². The summed E-state index contributed by atoms with van der Waals surface area (Å²) in [6.45, 7) is 0.562. The number of carbonyl (C=O) groups excluding carboxylic acids is 2. The third-order valence-corrected chi connectivity index (χ3v) is 4.00. The van der Waals surface area contributed by atoms with Gasteiger partial charge in [-0.15, -0.1) is 0 Å². The Morgan fingerprint density at radius 3 is 2.09 bits per heavy atom. The van der Waals surface area contributed by atoms with Gasteiger partial charge in [0.2, 0.25) is 0 Å². The van der Waals surface area contributed by atoms with Crippen LogP contribution in [0.4, 0.5) is 0 Å². The summed E-state index contributed by atoms with van der Waals surface area (Å²) >= 11 is 3.99. The summed E-state index contributed by atoms with van der Waals surface area (Å²) in [6.07, 6.45) is 4.92. The molecule has 8 heteroatoms. The maximum Gasteiger partial charge on any atom is 0.368 e. The van der Waals surface area contributed by atoms with Crippen molar-refractivity contribution < 1.29 is 34.7 Å². The van der Waals surface area contributed by atoms with Crippen molar-refractivity contribution in [3.63, 3.8) is 0 Å². The van der Waals surface area contributed by atoms with E-state index in [1.807, 2.05) is 0 Å². The van der Waals surface area contributed by atoms with E-state index in [9.17, 15) is 24.9 Å². The van der Waals surface area contributed by atoms with Crippen molar-refractivity contribution in [2.24, 2.45) is 5.41 Å². The fourth-order valence-electron chi connectivity index (χ4n) is 1.89. The van der Waals surface area contributed by atoms with Gasteiger partial charge in [0.15, 0.2) is 0 Å². The molecular formula is C15H28O7S. The Labute approximate surface area is 142 Å². The molecule has 136 valence electrons. The van der Waals surface area contributed by atoms with E-state index in [-0.39, 0.29) is 12.8 Å². The van der Waals surface area contributed by atoms with E-state index in [4.69, 9.17) is 0 Å². The van der Waals surface area contributed by atoms with Crippen LogP contribution in [-0.2, 0) is 19.4 Å². The summed E-state index contributed by atoms with van der Waals surface area (Å²) in [5.74, 6) is -1.54. The molecule has 1 atom stereocenters. The van der Waals surface area contributed by atoms with E-state index >= 15 is 0 Å². The van der Waals surface area contributed by atoms with Crippen LogP contribution >= 0.6 is 12.6 Å². The molecule has 0 aromatic heterocycles. The maximum atomic E-state index is 11.7. The van der Waals surface area contributed by atoms with Crippen LogP contribution in [0.3, 0.4) is 0 Å². The van der Waals surface area contributed by atoms with Crippen molar-refractivity contribution in [1.82, 2.24) is 0 Å². The summed E-state index contributed by atoms with van der Waals surface area (Å²) in [7, 11) is 0. The van der Waals surface area contributed by atoms with Crippen LogP contribution < -0.4 is 0 Å². The first-order chi connectivity index (χ1) is 10.9. The van der Waals surface area contributed by atoms with Gasteiger partial charge in [0.05, 0.1) is 26.2 Å². The Hall–Kier alpha value is -0.830. The summed E-state index contributed by atoms with van der Waals surface area (Å²) in [5, 5.41) is 26.5. The minimum Gasteiger partial charge on any atom is -0.396 e. The van der Waals surface area contributed by atoms with Crippen LogP contribution in [0.25, 0.3) is 0 Å². The lowest BCUT2D eigenvalue weighted by Crippen LogP contribution is -2.38. The maximum absolute atomic E-state index is 11.7. The number of carbonyl (C=O) groups is 2. The number of hydrogen-bond acceptors (Lipinski definition) is 8. The Bertz CT molecular complexity index is 336. The molecule has 0 aliphatic rings. The normalized spacial score (nSPS) is 12.7. The summed E-state index contributed by atoms with van der Waals surface area (Å²) in [5.41, 5.74) is -1.24. The molecule has 0 aromatic rings. The number of thiol groups is 1. The summed E-state index contributed by atoms with van der Waals surface area (Å²) in [6, 6.07) is 0. The quantitative estimate of drug-likeness (QED) is 0.179. The summed E-state index contributed by atoms with van der Waals surface area (Å²) in [4.78, 5) is 31.9. The molecule has 0 bridgehead atoms. The Balaban J connectivity index is 4.06. The lowest BCUT2D eigenvalue weighted by molar-refractivity contribution is -0.259. The van der Waals surface area contributed by atoms with E-state index in [0.29, 0.717) is 6.42 Å². The number of unbranched alkanes of at least 4 members (excludes halogenated alkanes) is 4. The molecule has 0 spiro atoms. The SMILES string of the molecule is CCCCCCCC(=O)OOC(=O)C(S)CC(CO)(CO)CO. The molecule has 0 fully saturated rings. The van der Waals surface area contributed by atoms with Crippen molar-refractivity contribution in [2.75, 3.05) is 19.8 Å². The fraction of sp³-hybridized carbons (Fsp3) is 0.867. The predicted octanol–water partition coefficient (Wildman–Crippen LogP) is 1.00. The zero-order chi connectivity index (χ0) is 17.7.